The maximum Gasteiger partial charge on any atom is 0.155 e. The van der Waals surface area contributed by atoms with Crippen molar-refractivity contribution in [3.63, 3.8) is 0 Å². The zero-order valence-electron chi connectivity index (χ0n) is 9.91. The number of rotatable bonds is 5. The summed E-state index contributed by atoms with van der Waals surface area (Å²) >= 11 is 0. The smallest absolute Gasteiger partial charge is 0.155 e. The van der Waals surface area contributed by atoms with Crippen LogP contribution >= 0.6 is 0 Å². The summed E-state index contributed by atoms with van der Waals surface area (Å²) in [5, 5.41) is 0. The van der Waals surface area contributed by atoms with Gasteiger partial charge < -0.3 is 5.73 Å². The lowest BCUT2D eigenvalue weighted by Gasteiger charge is -2.19. The summed E-state index contributed by atoms with van der Waals surface area (Å²) < 4.78 is 22.5. The highest BCUT2D eigenvalue weighted by Crippen LogP contribution is 2.17. The number of hydrogen-bond acceptors (Lipinski definition) is 4. The molecule has 0 heterocycles. The Balaban J connectivity index is 4.36. The molecular formula is C10H21NO3S. The van der Waals surface area contributed by atoms with Crippen LogP contribution in [-0.4, -0.2) is 30.7 Å². The number of Topliss-reactive ketones (excluding diaryl/α,β-unsaturated/α-hetero) is 1. The number of carbonyl (C=O) groups is 1. The van der Waals surface area contributed by atoms with Gasteiger partial charge in [-0.3, -0.25) is 4.79 Å². The van der Waals surface area contributed by atoms with Crippen molar-refractivity contribution in [1.29, 1.82) is 0 Å². The lowest BCUT2D eigenvalue weighted by molar-refractivity contribution is -0.119. The minimum Gasteiger partial charge on any atom is -0.322 e. The molecule has 0 saturated carbocycles. The molecule has 15 heavy (non-hydrogen) atoms. The Morgan fingerprint density at radius 3 is 2.13 bits per heavy atom. The first-order valence-corrected chi connectivity index (χ1v) is 6.77. The molecule has 5 heteroatoms. The van der Waals surface area contributed by atoms with Crippen LogP contribution < -0.4 is 5.73 Å². The van der Waals surface area contributed by atoms with Crippen LogP contribution in [0.4, 0.5) is 0 Å². The van der Waals surface area contributed by atoms with Gasteiger partial charge in [-0.1, -0.05) is 6.92 Å². The molecule has 0 amide bonds. The molecule has 0 radical (unpaired) electrons. The van der Waals surface area contributed by atoms with E-state index >= 15 is 0 Å². The molecule has 0 aliphatic rings. The molecule has 0 saturated heterocycles. The highest BCUT2D eigenvalue weighted by molar-refractivity contribution is 7.92. The van der Waals surface area contributed by atoms with E-state index in [0.717, 1.165) is 0 Å². The molecule has 0 aliphatic carbocycles. The van der Waals surface area contributed by atoms with Gasteiger partial charge in [0.05, 0.1) is 16.5 Å². The fourth-order valence-electron chi connectivity index (χ4n) is 0.954. The molecule has 90 valence electrons. The van der Waals surface area contributed by atoms with Crippen molar-refractivity contribution in [3.8, 4) is 0 Å². The summed E-state index contributed by atoms with van der Waals surface area (Å²) in [6, 6.07) is -0.528. The maximum atomic E-state index is 11.7. The van der Waals surface area contributed by atoms with E-state index in [2.05, 4.69) is 0 Å². The van der Waals surface area contributed by atoms with Gasteiger partial charge in [-0.25, -0.2) is 8.42 Å². The van der Waals surface area contributed by atoms with E-state index in [0.29, 0.717) is 6.42 Å². The summed E-state index contributed by atoms with van der Waals surface area (Å²) in [6.07, 6.45) is 0.572. The van der Waals surface area contributed by atoms with Crippen LogP contribution in [0.2, 0.25) is 0 Å². The Kier molecular flexibility index (Phi) is 4.93. The minimum atomic E-state index is -3.21. The number of carbonyl (C=O) groups excluding carboxylic acids is 1. The molecule has 0 spiro atoms. The van der Waals surface area contributed by atoms with Crippen LogP contribution in [-0.2, 0) is 14.6 Å². The maximum absolute atomic E-state index is 11.7. The minimum absolute atomic E-state index is 0.0224. The van der Waals surface area contributed by atoms with Gasteiger partial charge in [-0.15, -0.1) is 0 Å². The summed E-state index contributed by atoms with van der Waals surface area (Å²) in [6.45, 7) is 6.70. The first-order chi connectivity index (χ1) is 6.62. The van der Waals surface area contributed by atoms with Crippen LogP contribution in [0.1, 0.15) is 40.5 Å². The summed E-state index contributed by atoms with van der Waals surface area (Å²) in [4.78, 5) is 11.4. The van der Waals surface area contributed by atoms with Crippen LogP contribution in [0.5, 0.6) is 0 Å². The van der Waals surface area contributed by atoms with Crippen molar-refractivity contribution < 1.29 is 13.2 Å². The van der Waals surface area contributed by atoms with Gasteiger partial charge in [0.15, 0.2) is 15.6 Å². The number of sulfone groups is 1. The molecule has 0 bridgehead atoms. The van der Waals surface area contributed by atoms with Crippen molar-refractivity contribution in [2.24, 2.45) is 5.73 Å². The standard InChI is InChI=1S/C10H21NO3S/c1-5-8(11)9(12)6-7-15(13,14)10(2,3)4/h8H,5-7,11H2,1-4H3. The molecule has 1 unspecified atom stereocenters. The first-order valence-electron chi connectivity index (χ1n) is 5.12. The van der Waals surface area contributed by atoms with Crippen LogP contribution in [0.3, 0.4) is 0 Å². The topological polar surface area (TPSA) is 77.2 Å². The van der Waals surface area contributed by atoms with Gasteiger partial charge in [-0.2, -0.15) is 0 Å². The predicted octanol–water partition coefficient (Wildman–Crippen LogP) is 0.896. The fraction of sp³-hybridized carbons (Fsp3) is 0.900. The molecular weight excluding hydrogens is 214 g/mol. The molecule has 0 aromatic carbocycles. The molecule has 0 fully saturated rings. The first kappa shape index (κ1) is 14.6. The second-order valence-corrected chi connectivity index (χ2v) is 7.52. The van der Waals surface area contributed by atoms with Gasteiger partial charge >= 0.3 is 0 Å². The normalized spacial score (nSPS) is 15.0. The van der Waals surface area contributed by atoms with Gasteiger partial charge in [0.1, 0.15) is 0 Å². The monoisotopic (exact) mass is 235 g/mol. The quantitative estimate of drug-likeness (QED) is 0.768. The third-order valence-electron chi connectivity index (χ3n) is 2.40. The molecule has 0 aromatic rings. The average Bonchev–Trinajstić information content (AvgIpc) is 2.11. The Morgan fingerprint density at radius 2 is 1.80 bits per heavy atom. The third kappa shape index (κ3) is 4.30. The Bertz CT molecular complexity index is 314. The van der Waals surface area contributed by atoms with Crippen molar-refractivity contribution in [3.05, 3.63) is 0 Å². The fourth-order valence-corrected chi connectivity index (χ4v) is 2.04. The Labute approximate surface area is 92.2 Å². The number of hydrogen-bond donors (Lipinski definition) is 1. The molecule has 2 N–H and O–H groups in total. The zero-order chi connectivity index (χ0) is 12.3. The zero-order valence-corrected chi connectivity index (χ0v) is 10.7. The van der Waals surface area contributed by atoms with E-state index in [4.69, 9.17) is 5.73 Å². The van der Waals surface area contributed by atoms with E-state index in [1.54, 1.807) is 27.7 Å². The SMILES string of the molecule is CCC(N)C(=O)CCS(=O)(=O)C(C)(C)C. The van der Waals surface area contributed by atoms with Crippen molar-refractivity contribution in [2.75, 3.05) is 5.75 Å². The van der Waals surface area contributed by atoms with Gasteiger partial charge in [0, 0.05) is 6.42 Å². The largest absolute Gasteiger partial charge is 0.322 e. The molecule has 4 nitrogen and oxygen atoms in total. The number of nitrogens with two attached hydrogens (primary N) is 1. The summed E-state index contributed by atoms with van der Waals surface area (Å²) in [7, 11) is -3.21. The van der Waals surface area contributed by atoms with E-state index in [9.17, 15) is 13.2 Å². The summed E-state index contributed by atoms with van der Waals surface area (Å²) in [5.41, 5.74) is 5.51. The lowest BCUT2D eigenvalue weighted by Crippen LogP contribution is -2.35. The number of ketones is 1. The highest BCUT2D eigenvalue weighted by atomic mass is 32.2. The van der Waals surface area contributed by atoms with Gasteiger partial charge in [0.2, 0.25) is 0 Å². The van der Waals surface area contributed by atoms with Crippen LogP contribution in [0.25, 0.3) is 0 Å². The molecule has 0 rings (SSSR count). The van der Waals surface area contributed by atoms with Crippen molar-refractivity contribution in [1.82, 2.24) is 0 Å². The van der Waals surface area contributed by atoms with E-state index in [1.807, 2.05) is 0 Å². The Morgan fingerprint density at radius 1 is 1.33 bits per heavy atom. The molecule has 0 aromatic heterocycles. The molecule has 1 atom stereocenters. The van der Waals surface area contributed by atoms with Crippen LogP contribution in [0, 0.1) is 0 Å². The molecule has 0 aliphatic heterocycles. The van der Waals surface area contributed by atoms with Crippen molar-refractivity contribution in [2.45, 2.75) is 51.3 Å². The van der Waals surface area contributed by atoms with E-state index in [-0.39, 0.29) is 18.0 Å². The van der Waals surface area contributed by atoms with E-state index in [1.165, 1.54) is 0 Å². The third-order valence-corrected chi connectivity index (χ3v) is 5.01. The van der Waals surface area contributed by atoms with E-state index < -0.39 is 20.6 Å². The lowest BCUT2D eigenvalue weighted by atomic mass is 10.1. The summed E-state index contributed by atoms with van der Waals surface area (Å²) in [5.74, 6) is -0.284. The van der Waals surface area contributed by atoms with Gasteiger partial charge in [-0.05, 0) is 27.2 Å². The van der Waals surface area contributed by atoms with Crippen molar-refractivity contribution >= 4 is 15.6 Å². The second kappa shape index (κ2) is 5.07. The van der Waals surface area contributed by atoms with Crippen LogP contribution in [0.15, 0.2) is 0 Å². The Hall–Kier alpha value is -0.420. The highest BCUT2D eigenvalue weighted by Gasteiger charge is 2.29. The second-order valence-electron chi connectivity index (χ2n) is 4.66. The average molecular weight is 235 g/mol. The predicted molar refractivity (Wildman–Crippen MR) is 61.4 cm³/mol. The van der Waals surface area contributed by atoms with Gasteiger partial charge in [0.25, 0.3) is 0 Å².